The van der Waals surface area contributed by atoms with Crippen LogP contribution in [-0.4, -0.2) is 49.3 Å². The smallest absolute Gasteiger partial charge is 0.462 e. The molecule has 0 amide bonds. The quantitative estimate of drug-likeness (QED) is 0.0264. The SMILES string of the molecule is CC/C=C\C/C=C\C/C=C\C/C=C\C/C=C\C/C=C\CCCCC(=O)OC(COC(=O)CCCCCCCCCCCCCCCCCCCCCCC/C=C\C/C=C\CCCCCCC)COP(=O)(O)OCCN. The van der Waals surface area contributed by atoms with Crippen LogP contribution in [0.2, 0.25) is 0 Å². The lowest BCUT2D eigenvalue weighted by atomic mass is 10.0. The summed E-state index contributed by atoms with van der Waals surface area (Å²) in [6.45, 7) is 3.58. The lowest BCUT2D eigenvalue weighted by Crippen LogP contribution is -2.29. The predicted octanol–water partition coefficient (Wildman–Crippen LogP) is 19.6. The van der Waals surface area contributed by atoms with Crippen molar-refractivity contribution in [3.8, 4) is 0 Å². The number of hydrogen-bond donors (Lipinski definition) is 2. The first-order chi connectivity index (χ1) is 36.8. The van der Waals surface area contributed by atoms with E-state index in [-0.39, 0.29) is 32.6 Å². The van der Waals surface area contributed by atoms with Crippen molar-refractivity contribution >= 4 is 19.8 Å². The molecule has 0 aromatic carbocycles. The molecule has 0 rings (SSSR count). The summed E-state index contributed by atoms with van der Waals surface area (Å²) in [6, 6.07) is 0. The number of unbranched alkanes of at least 4 members (excludes halogenated alkanes) is 28. The number of hydrogen-bond acceptors (Lipinski definition) is 8. The summed E-state index contributed by atoms with van der Waals surface area (Å²) < 4.78 is 33.0. The van der Waals surface area contributed by atoms with Gasteiger partial charge in [-0.1, -0.05) is 259 Å². The molecule has 0 aromatic rings. The maximum Gasteiger partial charge on any atom is 0.472 e. The number of carbonyl (C=O) groups excluding carboxylic acids is 2. The molecule has 0 bridgehead atoms. The molecule has 0 aliphatic rings. The highest BCUT2D eigenvalue weighted by Gasteiger charge is 2.26. The first-order valence-electron chi connectivity index (χ1n) is 30.7. The van der Waals surface area contributed by atoms with Gasteiger partial charge in [0.15, 0.2) is 6.10 Å². The van der Waals surface area contributed by atoms with Crippen LogP contribution in [-0.2, 0) is 32.7 Å². The number of carbonyl (C=O) groups is 2. The van der Waals surface area contributed by atoms with Gasteiger partial charge in [0.2, 0.25) is 0 Å². The minimum Gasteiger partial charge on any atom is -0.462 e. The number of nitrogens with two attached hydrogens (primary N) is 1. The average Bonchev–Trinajstić information content (AvgIpc) is 3.40. The molecule has 75 heavy (non-hydrogen) atoms. The molecule has 0 fully saturated rings. The molecule has 2 atom stereocenters. The van der Waals surface area contributed by atoms with Crippen molar-refractivity contribution in [1.82, 2.24) is 0 Å². The molecule has 0 saturated heterocycles. The molecule has 10 heteroatoms. The van der Waals surface area contributed by atoms with E-state index in [0.29, 0.717) is 6.42 Å². The van der Waals surface area contributed by atoms with Crippen LogP contribution in [0.3, 0.4) is 0 Å². The molecule has 9 nitrogen and oxygen atoms in total. The van der Waals surface area contributed by atoms with Gasteiger partial charge in [0.1, 0.15) is 6.61 Å². The van der Waals surface area contributed by atoms with E-state index in [0.717, 1.165) is 77.0 Å². The van der Waals surface area contributed by atoms with Crippen LogP contribution in [0.5, 0.6) is 0 Å². The van der Waals surface area contributed by atoms with E-state index in [1.165, 1.54) is 161 Å². The maximum atomic E-state index is 12.7. The molecule has 0 aliphatic carbocycles. The lowest BCUT2D eigenvalue weighted by Gasteiger charge is -2.19. The molecular formula is C65H114NO8P. The van der Waals surface area contributed by atoms with E-state index in [1.807, 2.05) is 0 Å². The van der Waals surface area contributed by atoms with Crippen LogP contribution in [0.25, 0.3) is 0 Å². The van der Waals surface area contributed by atoms with Crippen molar-refractivity contribution in [2.45, 2.75) is 277 Å². The molecule has 0 aliphatic heterocycles. The fourth-order valence-electron chi connectivity index (χ4n) is 8.44. The van der Waals surface area contributed by atoms with Gasteiger partial charge < -0.3 is 20.1 Å². The normalized spacial score (nSPS) is 13.7. The maximum absolute atomic E-state index is 12.7. The minimum absolute atomic E-state index is 0.0424. The highest BCUT2D eigenvalue weighted by Crippen LogP contribution is 2.43. The van der Waals surface area contributed by atoms with Gasteiger partial charge in [-0.15, -0.1) is 0 Å². The van der Waals surface area contributed by atoms with Gasteiger partial charge in [0.05, 0.1) is 13.2 Å². The summed E-state index contributed by atoms with van der Waals surface area (Å²) >= 11 is 0. The Bertz CT molecular complexity index is 1550. The number of phosphoric ester groups is 1. The monoisotopic (exact) mass is 1070 g/mol. The molecule has 3 N–H and O–H groups in total. The molecule has 0 saturated carbocycles. The Labute approximate surface area is 461 Å². The Kier molecular flexibility index (Phi) is 57.7. The molecule has 0 aromatic heterocycles. The van der Waals surface area contributed by atoms with Crippen molar-refractivity contribution in [1.29, 1.82) is 0 Å². The van der Waals surface area contributed by atoms with Crippen LogP contribution in [0, 0.1) is 0 Å². The second kappa shape index (κ2) is 60.2. The van der Waals surface area contributed by atoms with Crippen LogP contribution in [0.15, 0.2) is 97.2 Å². The Hall–Kier alpha value is -3.07. The summed E-state index contributed by atoms with van der Waals surface area (Å²) in [4.78, 5) is 35.2. The largest absolute Gasteiger partial charge is 0.472 e. The van der Waals surface area contributed by atoms with Gasteiger partial charge in [-0.2, -0.15) is 0 Å². The fourth-order valence-corrected chi connectivity index (χ4v) is 9.20. The van der Waals surface area contributed by atoms with E-state index in [2.05, 4.69) is 111 Å². The Morgan fingerprint density at radius 3 is 1.12 bits per heavy atom. The first kappa shape index (κ1) is 71.9. The van der Waals surface area contributed by atoms with E-state index >= 15 is 0 Å². The second-order valence-corrected chi connectivity index (χ2v) is 21.6. The summed E-state index contributed by atoms with van der Waals surface area (Å²) in [6.07, 6.45) is 80.6. The summed E-state index contributed by atoms with van der Waals surface area (Å²) in [7, 11) is -4.41. The van der Waals surface area contributed by atoms with Crippen molar-refractivity contribution < 1.29 is 37.6 Å². The van der Waals surface area contributed by atoms with Crippen molar-refractivity contribution in [2.24, 2.45) is 5.73 Å². The number of allylic oxidation sites excluding steroid dienone is 16. The zero-order chi connectivity index (χ0) is 54.5. The van der Waals surface area contributed by atoms with Crippen LogP contribution in [0.1, 0.15) is 271 Å². The Morgan fingerprint density at radius 1 is 0.413 bits per heavy atom. The summed E-state index contributed by atoms with van der Waals surface area (Å²) in [5.74, 6) is -0.876. The number of phosphoric acid groups is 1. The van der Waals surface area contributed by atoms with Crippen molar-refractivity contribution in [3.63, 3.8) is 0 Å². The topological polar surface area (TPSA) is 134 Å². The van der Waals surface area contributed by atoms with Gasteiger partial charge in [-0.05, 0) is 96.3 Å². The molecule has 0 radical (unpaired) electrons. The van der Waals surface area contributed by atoms with Gasteiger partial charge >= 0.3 is 19.8 Å². The Balaban J connectivity index is 3.94. The zero-order valence-electron chi connectivity index (χ0n) is 48.3. The highest BCUT2D eigenvalue weighted by atomic mass is 31.2. The standard InChI is InChI=1S/C65H114NO8P/c1-3-5-7-9-11-13-15-17-19-21-23-25-26-27-28-29-30-31-32-33-34-35-36-38-39-41-43-45-47-49-51-53-55-57-64(67)71-61-63(62-73-75(69,70)72-60-59-66)74-65(68)58-56-54-52-50-48-46-44-42-40-37-24-22-20-18-16-14-12-10-8-6-4-2/h6,8,12,14-15,17-18,20-21,23-24,37,42,44,48,50,63H,3-5,7,9-11,13,16,19,22,25-36,38-41,43,45-47,49,51-62,66H2,1-2H3,(H,69,70)/b8-6-,14-12-,17-15-,20-18-,23-21-,37-24-,44-42-,50-48-. The van der Waals surface area contributed by atoms with E-state index < -0.39 is 32.5 Å². The second-order valence-electron chi connectivity index (χ2n) is 20.2. The van der Waals surface area contributed by atoms with Crippen LogP contribution in [0.4, 0.5) is 0 Å². The van der Waals surface area contributed by atoms with Crippen LogP contribution >= 0.6 is 7.82 Å². The third-order valence-corrected chi connectivity index (χ3v) is 13.9. The zero-order valence-corrected chi connectivity index (χ0v) is 49.2. The van der Waals surface area contributed by atoms with Crippen molar-refractivity contribution in [2.75, 3.05) is 26.4 Å². The minimum atomic E-state index is -4.41. The number of rotatable bonds is 57. The highest BCUT2D eigenvalue weighted by molar-refractivity contribution is 7.47. The summed E-state index contributed by atoms with van der Waals surface area (Å²) in [5, 5.41) is 0. The molecule has 2 unspecified atom stereocenters. The molecule has 432 valence electrons. The third-order valence-electron chi connectivity index (χ3n) is 13.0. The van der Waals surface area contributed by atoms with E-state index in [4.69, 9.17) is 24.3 Å². The average molecular weight is 1070 g/mol. The number of esters is 2. The third kappa shape index (κ3) is 60.0. The van der Waals surface area contributed by atoms with Gasteiger partial charge in [-0.3, -0.25) is 18.6 Å². The molecular weight excluding hydrogens is 954 g/mol. The van der Waals surface area contributed by atoms with E-state index in [9.17, 15) is 19.0 Å². The molecule has 0 spiro atoms. The predicted molar refractivity (Wildman–Crippen MR) is 321 cm³/mol. The van der Waals surface area contributed by atoms with Gasteiger partial charge in [0, 0.05) is 19.4 Å². The number of ether oxygens (including phenoxy) is 2. The van der Waals surface area contributed by atoms with Gasteiger partial charge in [-0.25, -0.2) is 4.57 Å². The Morgan fingerprint density at radius 2 is 0.733 bits per heavy atom. The summed E-state index contributed by atoms with van der Waals surface area (Å²) in [5.41, 5.74) is 5.38. The first-order valence-corrected chi connectivity index (χ1v) is 32.2. The van der Waals surface area contributed by atoms with E-state index in [1.54, 1.807) is 0 Å². The fraction of sp³-hybridized carbons (Fsp3) is 0.723. The van der Waals surface area contributed by atoms with Crippen LogP contribution < -0.4 is 5.73 Å². The van der Waals surface area contributed by atoms with Gasteiger partial charge in [0.25, 0.3) is 0 Å². The lowest BCUT2D eigenvalue weighted by molar-refractivity contribution is -0.161. The molecule has 0 heterocycles. The van der Waals surface area contributed by atoms with Crippen molar-refractivity contribution in [3.05, 3.63) is 97.2 Å².